The van der Waals surface area contributed by atoms with Crippen molar-refractivity contribution in [1.82, 2.24) is 20.3 Å². The molecule has 1 aromatic carbocycles. The summed E-state index contributed by atoms with van der Waals surface area (Å²) >= 11 is 5.94. The highest BCUT2D eigenvalue weighted by Crippen LogP contribution is 2.38. The van der Waals surface area contributed by atoms with Gasteiger partial charge in [-0.3, -0.25) is 9.53 Å². The van der Waals surface area contributed by atoms with E-state index in [0.29, 0.717) is 40.6 Å². The van der Waals surface area contributed by atoms with E-state index in [-0.39, 0.29) is 25.3 Å². The van der Waals surface area contributed by atoms with Gasteiger partial charge in [-0.15, -0.1) is 13.2 Å². The van der Waals surface area contributed by atoms with Crippen molar-refractivity contribution in [2.45, 2.75) is 62.8 Å². The minimum Gasteiger partial charge on any atom is -0.480 e. The molecular weight excluding hydrogens is 465 g/mol. The first-order chi connectivity index (χ1) is 15.6. The number of carbonyl (C=O) groups is 1. The zero-order valence-electron chi connectivity index (χ0n) is 17.4. The van der Waals surface area contributed by atoms with Gasteiger partial charge in [0.1, 0.15) is 5.75 Å². The minimum absolute atomic E-state index is 0.0845. The van der Waals surface area contributed by atoms with Crippen LogP contribution in [0.5, 0.6) is 5.75 Å². The van der Waals surface area contributed by atoms with Gasteiger partial charge in [0.15, 0.2) is 6.10 Å². The lowest BCUT2D eigenvalue weighted by Gasteiger charge is -2.34. The third kappa shape index (κ3) is 5.84. The number of nitrogens with zero attached hydrogens (tertiary/aromatic N) is 3. The lowest BCUT2D eigenvalue weighted by molar-refractivity contribution is -0.353. The molecule has 2 N–H and O–H groups in total. The number of carbonyl (C=O) groups excluding carboxylic acids is 1. The SMILES string of the molecule is C=C(CCc1cnn([C@H]2C[C@@H](OC(F)(F)F)C2)n1)NC(=O)[C@H]1C[C@@H](O)c2cc(Cl)ccc2O1. The summed E-state index contributed by atoms with van der Waals surface area (Å²) in [6.45, 7) is 3.85. The van der Waals surface area contributed by atoms with Gasteiger partial charge in [-0.05, 0) is 43.9 Å². The molecule has 1 fully saturated rings. The Kier molecular flexibility index (Phi) is 6.64. The third-order valence-corrected chi connectivity index (χ3v) is 5.80. The summed E-state index contributed by atoms with van der Waals surface area (Å²) in [5.74, 6) is -0.0205. The number of rotatable bonds is 7. The molecule has 12 heteroatoms. The predicted molar refractivity (Wildman–Crippen MR) is 110 cm³/mol. The smallest absolute Gasteiger partial charge is 0.480 e. The van der Waals surface area contributed by atoms with E-state index in [4.69, 9.17) is 16.3 Å². The first-order valence-electron chi connectivity index (χ1n) is 10.4. The van der Waals surface area contributed by atoms with Crippen molar-refractivity contribution >= 4 is 17.5 Å². The molecule has 0 unspecified atom stereocenters. The van der Waals surface area contributed by atoms with Crippen LogP contribution in [0.3, 0.4) is 0 Å². The van der Waals surface area contributed by atoms with E-state index in [0.717, 1.165) is 0 Å². The van der Waals surface area contributed by atoms with Gasteiger partial charge < -0.3 is 15.2 Å². The minimum atomic E-state index is -4.64. The van der Waals surface area contributed by atoms with E-state index in [1.807, 2.05) is 0 Å². The lowest BCUT2D eigenvalue weighted by Crippen LogP contribution is -2.41. The summed E-state index contributed by atoms with van der Waals surface area (Å²) in [6.07, 6.45) is -4.43. The Balaban J connectivity index is 1.23. The molecule has 1 saturated carbocycles. The Bertz CT molecular complexity index is 1040. The number of hydrogen-bond donors (Lipinski definition) is 2. The van der Waals surface area contributed by atoms with Crippen LogP contribution in [0.4, 0.5) is 13.2 Å². The van der Waals surface area contributed by atoms with Gasteiger partial charge in [0.05, 0.1) is 30.1 Å². The number of hydrogen-bond acceptors (Lipinski definition) is 6. The second-order valence-corrected chi connectivity index (χ2v) is 8.54. The standard InChI is InChI=1S/C21H22ClF3N4O4/c1-11(27-20(31)19-9-17(30)16-6-12(22)3-5-18(16)32-19)2-4-13-10-26-29(28-13)14-7-15(8-14)33-21(23,24)25/h3,5-6,10,14-15,17,19,30H,1-2,4,7-9H2,(H,27,31)/t14-,15+,17-,19-/m1/s1. The molecular formula is C21H22ClF3N4O4. The molecule has 4 rings (SSSR count). The van der Waals surface area contributed by atoms with E-state index in [2.05, 4.69) is 26.8 Å². The summed E-state index contributed by atoms with van der Waals surface area (Å²) in [5, 5.41) is 21.9. The number of ether oxygens (including phenoxy) is 2. The molecule has 1 amide bonds. The van der Waals surface area contributed by atoms with Gasteiger partial charge in [-0.1, -0.05) is 18.2 Å². The van der Waals surface area contributed by atoms with Crippen molar-refractivity contribution in [3.05, 3.63) is 53.0 Å². The molecule has 0 spiro atoms. The van der Waals surface area contributed by atoms with Crippen molar-refractivity contribution in [3.8, 4) is 5.75 Å². The largest absolute Gasteiger partial charge is 0.522 e. The van der Waals surface area contributed by atoms with Crippen molar-refractivity contribution in [1.29, 1.82) is 0 Å². The molecule has 2 heterocycles. The van der Waals surface area contributed by atoms with Gasteiger partial charge >= 0.3 is 6.36 Å². The Morgan fingerprint density at radius 2 is 2.12 bits per heavy atom. The number of allylic oxidation sites excluding steroid dienone is 1. The maximum atomic E-state index is 12.6. The Hall–Kier alpha value is -2.63. The van der Waals surface area contributed by atoms with Crippen LogP contribution in [-0.2, 0) is 16.0 Å². The second kappa shape index (κ2) is 9.32. The zero-order valence-corrected chi connectivity index (χ0v) is 18.1. The predicted octanol–water partition coefficient (Wildman–Crippen LogP) is 3.62. The zero-order chi connectivity index (χ0) is 23.8. The third-order valence-electron chi connectivity index (χ3n) is 5.57. The van der Waals surface area contributed by atoms with Gasteiger partial charge in [0.2, 0.25) is 0 Å². The molecule has 1 aromatic heterocycles. The number of fused-ring (bicyclic) bond motifs is 1. The molecule has 8 nitrogen and oxygen atoms in total. The molecule has 0 bridgehead atoms. The summed E-state index contributed by atoms with van der Waals surface area (Å²) in [5.41, 5.74) is 1.61. The number of aliphatic hydroxyl groups is 1. The fraction of sp³-hybridized carbons (Fsp3) is 0.476. The summed E-state index contributed by atoms with van der Waals surface area (Å²) in [7, 11) is 0. The quantitative estimate of drug-likeness (QED) is 0.620. The topological polar surface area (TPSA) is 98.5 Å². The normalized spacial score (nSPS) is 24.4. The van der Waals surface area contributed by atoms with Crippen LogP contribution in [0.2, 0.25) is 5.02 Å². The lowest BCUT2D eigenvalue weighted by atomic mass is 9.90. The second-order valence-electron chi connectivity index (χ2n) is 8.10. The fourth-order valence-electron chi connectivity index (χ4n) is 3.79. The number of amides is 1. The average molecular weight is 487 g/mol. The highest BCUT2D eigenvalue weighted by molar-refractivity contribution is 6.30. The van der Waals surface area contributed by atoms with Crippen LogP contribution >= 0.6 is 11.6 Å². The van der Waals surface area contributed by atoms with Gasteiger partial charge in [-0.25, -0.2) is 0 Å². The van der Waals surface area contributed by atoms with E-state index in [1.165, 1.54) is 11.0 Å². The molecule has 2 aromatic rings. The molecule has 2 atom stereocenters. The maximum absolute atomic E-state index is 12.6. The molecule has 0 radical (unpaired) electrons. The first-order valence-corrected chi connectivity index (χ1v) is 10.7. The van der Waals surface area contributed by atoms with E-state index in [9.17, 15) is 23.1 Å². The number of alkyl halides is 3. The van der Waals surface area contributed by atoms with Crippen LogP contribution in [0.25, 0.3) is 0 Å². The highest BCUT2D eigenvalue weighted by atomic mass is 35.5. The van der Waals surface area contributed by atoms with Gasteiger partial charge in [0.25, 0.3) is 5.91 Å². The van der Waals surface area contributed by atoms with Crippen LogP contribution < -0.4 is 10.1 Å². The molecule has 1 aliphatic heterocycles. The van der Waals surface area contributed by atoms with E-state index >= 15 is 0 Å². The van der Waals surface area contributed by atoms with Crippen molar-refractivity contribution in [2.24, 2.45) is 0 Å². The first kappa shape index (κ1) is 23.5. The number of nitrogens with one attached hydrogen (secondary N) is 1. The number of benzene rings is 1. The van der Waals surface area contributed by atoms with E-state index in [1.54, 1.807) is 18.2 Å². The fourth-order valence-corrected chi connectivity index (χ4v) is 3.97. The number of aliphatic hydroxyl groups excluding tert-OH is 1. The van der Waals surface area contributed by atoms with Gasteiger partial charge in [-0.2, -0.15) is 15.0 Å². The summed E-state index contributed by atoms with van der Waals surface area (Å²) in [6, 6.07) is 4.60. The van der Waals surface area contributed by atoms with Crippen LogP contribution in [0.15, 0.2) is 36.7 Å². The molecule has 1 aliphatic carbocycles. The number of halogens is 4. The maximum Gasteiger partial charge on any atom is 0.522 e. The van der Waals surface area contributed by atoms with Crippen molar-refractivity contribution in [3.63, 3.8) is 0 Å². The Morgan fingerprint density at radius 1 is 1.36 bits per heavy atom. The van der Waals surface area contributed by atoms with Crippen LogP contribution in [-0.4, -0.2) is 44.6 Å². The van der Waals surface area contributed by atoms with E-state index < -0.39 is 30.6 Å². The van der Waals surface area contributed by atoms with Crippen LogP contribution in [0, 0.1) is 0 Å². The average Bonchev–Trinajstić information content (AvgIpc) is 3.17. The number of aryl methyl sites for hydroxylation is 1. The van der Waals surface area contributed by atoms with Crippen molar-refractivity contribution < 1.29 is 32.5 Å². The van der Waals surface area contributed by atoms with Crippen molar-refractivity contribution in [2.75, 3.05) is 0 Å². The summed E-state index contributed by atoms with van der Waals surface area (Å²) in [4.78, 5) is 14.0. The Morgan fingerprint density at radius 3 is 2.85 bits per heavy atom. The summed E-state index contributed by atoms with van der Waals surface area (Å²) < 4.78 is 46.3. The molecule has 178 valence electrons. The number of aromatic nitrogens is 3. The molecule has 0 saturated heterocycles. The Labute approximate surface area is 192 Å². The van der Waals surface area contributed by atoms with Crippen LogP contribution in [0.1, 0.15) is 49.1 Å². The van der Waals surface area contributed by atoms with Gasteiger partial charge in [0, 0.05) is 22.7 Å². The molecule has 33 heavy (non-hydrogen) atoms. The highest BCUT2D eigenvalue weighted by Gasteiger charge is 2.41. The monoisotopic (exact) mass is 486 g/mol. The molecule has 2 aliphatic rings.